The first kappa shape index (κ1) is 12.9. The van der Waals surface area contributed by atoms with E-state index in [4.69, 9.17) is 9.47 Å². The van der Waals surface area contributed by atoms with Crippen molar-refractivity contribution in [1.29, 1.82) is 0 Å². The maximum atomic E-state index is 11.8. The van der Waals surface area contributed by atoms with E-state index in [-0.39, 0.29) is 12.3 Å². The monoisotopic (exact) mass is 259 g/mol. The summed E-state index contributed by atoms with van der Waals surface area (Å²) in [5.74, 6) is 0.166. The second-order valence-electron chi connectivity index (χ2n) is 3.65. The Hall–Kier alpha value is -2.50. The largest absolute Gasteiger partial charge is 0.497 e. The molecule has 0 spiro atoms. The van der Waals surface area contributed by atoms with Gasteiger partial charge in [-0.25, -0.2) is 4.79 Å². The van der Waals surface area contributed by atoms with Crippen molar-refractivity contribution in [3.63, 3.8) is 0 Å². The number of carbonyl (C=O) groups is 1. The number of carbonyl (C=O) groups excluding carboxylic acids is 1. The first-order chi connectivity index (χ1) is 9.26. The number of methoxy groups -OCH3 is 1. The van der Waals surface area contributed by atoms with Gasteiger partial charge in [0.05, 0.1) is 19.9 Å². The number of ether oxygens (including phenoxy) is 2. The van der Waals surface area contributed by atoms with Crippen LogP contribution >= 0.6 is 0 Å². The standard InChI is InChI=1S/C13H13N3O3/c1-3-19-13(17)12-11(8-14-16-15-12)9-5-4-6-10(7-9)18-2/h4-8H,3H2,1-2H3. The lowest BCUT2D eigenvalue weighted by atomic mass is 10.1. The summed E-state index contributed by atoms with van der Waals surface area (Å²) in [5, 5.41) is 10.9. The van der Waals surface area contributed by atoms with Gasteiger partial charge in [-0.1, -0.05) is 12.1 Å². The van der Waals surface area contributed by atoms with Crippen molar-refractivity contribution < 1.29 is 14.3 Å². The molecular formula is C13H13N3O3. The molecule has 0 fully saturated rings. The van der Waals surface area contributed by atoms with Crippen LogP contribution in [0.5, 0.6) is 5.75 Å². The van der Waals surface area contributed by atoms with Gasteiger partial charge in [-0.3, -0.25) is 0 Å². The zero-order chi connectivity index (χ0) is 13.7. The Kier molecular flexibility index (Phi) is 4.02. The molecule has 98 valence electrons. The Morgan fingerprint density at radius 3 is 2.95 bits per heavy atom. The zero-order valence-electron chi connectivity index (χ0n) is 10.7. The van der Waals surface area contributed by atoms with Gasteiger partial charge < -0.3 is 9.47 Å². The van der Waals surface area contributed by atoms with E-state index in [9.17, 15) is 4.79 Å². The van der Waals surface area contributed by atoms with Crippen LogP contribution in [0.4, 0.5) is 0 Å². The molecule has 0 N–H and O–H groups in total. The van der Waals surface area contributed by atoms with E-state index in [0.717, 1.165) is 5.56 Å². The summed E-state index contributed by atoms with van der Waals surface area (Å²) in [4.78, 5) is 11.8. The van der Waals surface area contributed by atoms with Gasteiger partial charge in [0, 0.05) is 5.56 Å². The molecule has 1 aromatic carbocycles. The van der Waals surface area contributed by atoms with Crippen LogP contribution in [0.1, 0.15) is 17.4 Å². The smallest absolute Gasteiger partial charge is 0.359 e. The van der Waals surface area contributed by atoms with Gasteiger partial charge in [0.2, 0.25) is 0 Å². The summed E-state index contributed by atoms with van der Waals surface area (Å²) in [6.45, 7) is 2.01. The lowest BCUT2D eigenvalue weighted by Gasteiger charge is -2.07. The summed E-state index contributed by atoms with van der Waals surface area (Å²) in [5.41, 5.74) is 1.47. The van der Waals surface area contributed by atoms with Crippen molar-refractivity contribution in [3.8, 4) is 16.9 Å². The fourth-order valence-electron chi connectivity index (χ4n) is 1.62. The first-order valence-electron chi connectivity index (χ1n) is 5.76. The maximum Gasteiger partial charge on any atom is 0.359 e. The number of aromatic nitrogens is 3. The third-order valence-electron chi connectivity index (χ3n) is 2.49. The topological polar surface area (TPSA) is 74.2 Å². The molecule has 0 saturated carbocycles. The Labute approximate surface area is 110 Å². The minimum Gasteiger partial charge on any atom is -0.497 e. The minimum atomic E-state index is -0.518. The molecule has 1 heterocycles. The van der Waals surface area contributed by atoms with Crippen molar-refractivity contribution >= 4 is 5.97 Å². The molecule has 0 radical (unpaired) electrons. The third kappa shape index (κ3) is 2.85. The van der Waals surface area contributed by atoms with E-state index in [1.807, 2.05) is 18.2 Å². The lowest BCUT2D eigenvalue weighted by Crippen LogP contribution is -2.10. The van der Waals surface area contributed by atoms with Gasteiger partial charge in [-0.2, -0.15) is 0 Å². The summed E-state index contributed by atoms with van der Waals surface area (Å²) >= 11 is 0. The van der Waals surface area contributed by atoms with Crippen LogP contribution in [0.15, 0.2) is 30.5 Å². The minimum absolute atomic E-state index is 0.144. The quantitative estimate of drug-likeness (QED) is 0.778. The maximum absolute atomic E-state index is 11.8. The van der Waals surface area contributed by atoms with Crippen LogP contribution in [0, 0.1) is 0 Å². The van der Waals surface area contributed by atoms with Crippen LogP contribution in [0.3, 0.4) is 0 Å². The molecule has 0 saturated heterocycles. The average Bonchev–Trinajstić information content (AvgIpc) is 2.47. The molecule has 2 rings (SSSR count). The van der Waals surface area contributed by atoms with Crippen LogP contribution < -0.4 is 4.74 Å². The molecule has 0 aliphatic carbocycles. The van der Waals surface area contributed by atoms with Gasteiger partial charge in [-0.05, 0) is 29.8 Å². The highest BCUT2D eigenvalue weighted by atomic mass is 16.5. The van der Waals surface area contributed by atoms with Crippen LogP contribution in [-0.2, 0) is 4.74 Å². The number of nitrogens with zero attached hydrogens (tertiary/aromatic N) is 3. The first-order valence-corrected chi connectivity index (χ1v) is 5.76. The van der Waals surface area contributed by atoms with Gasteiger partial charge in [-0.15, -0.1) is 10.2 Å². The van der Waals surface area contributed by atoms with E-state index in [1.165, 1.54) is 6.20 Å². The molecule has 0 unspecified atom stereocenters. The van der Waals surface area contributed by atoms with Gasteiger partial charge in [0.15, 0.2) is 5.69 Å². The predicted molar refractivity (Wildman–Crippen MR) is 67.8 cm³/mol. The van der Waals surface area contributed by atoms with Crippen LogP contribution in [-0.4, -0.2) is 35.1 Å². The SMILES string of the molecule is CCOC(=O)c1nnncc1-c1cccc(OC)c1. The number of hydrogen-bond acceptors (Lipinski definition) is 6. The fraction of sp³-hybridized carbons (Fsp3) is 0.231. The highest BCUT2D eigenvalue weighted by molar-refractivity contribution is 5.94. The molecule has 6 heteroatoms. The van der Waals surface area contributed by atoms with E-state index >= 15 is 0 Å². The Morgan fingerprint density at radius 2 is 2.21 bits per heavy atom. The van der Waals surface area contributed by atoms with Crippen molar-refractivity contribution in [2.45, 2.75) is 6.92 Å². The summed E-state index contributed by atoms with van der Waals surface area (Å²) in [6, 6.07) is 7.27. The molecule has 0 amide bonds. The van der Waals surface area contributed by atoms with Gasteiger partial charge in [0.25, 0.3) is 0 Å². The van der Waals surface area contributed by atoms with Crippen LogP contribution in [0.2, 0.25) is 0 Å². The third-order valence-corrected chi connectivity index (χ3v) is 2.49. The van der Waals surface area contributed by atoms with Gasteiger partial charge >= 0.3 is 5.97 Å². The average molecular weight is 259 g/mol. The number of hydrogen-bond donors (Lipinski definition) is 0. The highest BCUT2D eigenvalue weighted by Crippen LogP contribution is 2.25. The van der Waals surface area contributed by atoms with Gasteiger partial charge in [0.1, 0.15) is 5.75 Å². The molecule has 0 aliphatic rings. The molecule has 6 nitrogen and oxygen atoms in total. The second-order valence-corrected chi connectivity index (χ2v) is 3.65. The summed E-state index contributed by atoms with van der Waals surface area (Å²) in [6.07, 6.45) is 1.48. The van der Waals surface area contributed by atoms with Crippen molar-refractivity contribution in [3.05, 3.63) is 36.2 Å². The molecule has 2 aromatic rings. The van der Waals surface area contributed by atoms with Crippen LogP contribution in [0.25, 0.3) is 11.1 Å². The number of esters is 1. The highest BCUT2D eigenvalue weighted by Gasteiger charge is 2.17. The van der Waals surface area contributed by atoms with E-state index in [2.05, 4.69) is 15.4 Å². The molecule has 0 bridgehead atoms. The zero-order valence-corrected chi connectivity index (χ0v) is 10.7. The summed E-state index contributed by atoms with van der Waals surface area (Å²) in [7, 11) is 1.58. The Balaban J connectivity index is 2.46. The summed E-state index contributed by atoms with van der Waals surface area (Å²) < 4.78 is 10.1. The predicted octanol–water partition coefficient (Wildman–Crippen LogP) is 1.72. The molecule has 19 heavy (non-hydrogen) atoms. The fourth-order valence-corrected chi connectivity index (χ4v) is 1.62. The lowest BCUT2D eigenvalue weighted by molar-refractivity contribution is 0.0518. The van der Waals surface area contributed by atoms with E-state index < -0.39 is 5.97 Å². The van der Waals surface area contributed by atoms with E-state index in [1.54, 1.807) is 20.1 Å². The molecule has 1 aromatic heterocycles. The Bertz CT molecular complexity index is 587. The molecule has 0 aliphatic heterocycles. The Morgan fingerprint density at radius 1 is 1.37 bits per heavy atom. The number of benzene rings is 1. The molecule has 0 atom stereocenters. The second kappa shape index (κ2) is 5.90. The van der Waals surface area contributed by atoms with Crippen molar-refractivity contribution in [1.82, 2.24) is 15.4 Å². The van der Waals surface area contributed by atoms with E-state index in [0.29, 0.717) is 11.3 Å². The van der Waals surface area contributed by atoms with Crippen molar-refractivity contribution in [2.75, 3.05) is 13.7 Å². The molecular weight excluding hydrogens is 246 g/mol. The number of rotatable bonds is 4. The van der Waals surface area contributed by atoms with Crippen molar-refractivity contribution in [2.24, 2.45) is 0 Å². The normalized spacial score (nSPS) is 10.0.